The zero-order valence-corrected chi connectivity index (χ0v) is 14.7. The van der Waals surface area contributed by atoms with Crippen LogP contribution in [0.5, 0.6) is 0 Å². The summed E-state index contributed by atoms with van der Waals surface area (Å²) in [5.74, 6) is -2.92. The van der Waals surface area contributed by atoms with Crippen molar-refractivity contribution >= 4 is 60.4 Å². The van der Waals surface area contributed by atoms with Crippen molar-refractivity contribution in [2.45, 2.75) is 4.90 Å². The molecule has 0 saturated carbocycles. The van der Waals surface area contributed by atoms with Gasteiger partial charge in [-0.25, -0.2) is 17.6 Å². The Morgan fingerprint density at radius 3 is 2.75 bits per heavy atom. The summed E-state index contributed by atoms with van der Waals surface area (Å²) in [5.41, 5.74) is 0.178. The van der Waals surface area contributed by atoms with Gasteiger partial charge in [0.15, 0.2) is 5.82 Å². The number of carboxylic acids is 1. The van der Waals surface area contributed by atoms with Crippen molar-refractivity contribution in [2.75, 3.05) is 4.72 Å². The summed E-state index contributed by atoms with van der Waals surface area (Å²) in [4.78, 5) is 10.3. The van der Waals surface area contributed by atoms with Crippen LogP contribution in [0.25, 0.3) is 11.0 Å². The number of hydrogen-bond acceptors (Lipinski definition) is 6. The van der Waals surface area contributed by atoms with E-state index in [9.17, 15) is 17.6 Å². The Labute approximate surface area is 147 Å². The van der Waals surface area contributed by atoms with Crippen molar-refractivity contribution in [2.24, 2.45) is 0 Å². The maximum absolute atomic E-state index is 14.3. The van der Waals surface area contributed by atoms with Crippen LogP contribution in [-0.2, 0) is 10.0 Å². The van der Waals surface area contributed by atoms with E-state index >= 15 is 0 Å². The second kappa shape index (κ2) is 6.07. The number of nitrogens with one attached hydrogen (secondary N) is 1. The van der Waals surface area contributed by atoms with Crippen LogP contribution in [0, 0.1) is 5.82 Å². The standard InChI is InChI=1S/C13H7BrFN3O4S2/c14-6-4-7(13(19)20)11(15)10(5-6)24(21,22)18-9-3-1-2-8-12(9)17-23-16-8/h1-5,18H,(H,19,20). The first-order chi connectivity index (χ1) is 11.3. The monoisotopic (exact) mass is 431 g/mol. The van der Waals surface area contributed by atoms with Crippen LogP contribution in [0.1, 0.15) is 10.4 Å². The molecule has 7 nitrogen and oxygen atoms in total. The molecule has 0 saturated heterocycles. The Kier molecular flexibility index (Phi) is 4.24. The van der Waals surface area contributed by atoms with Gasteiger partial charge in [0.25, 0.3) is 10.0 Å². The first-order valence-corrected chi connectivity index (χ1v) is 9.26. The number of benzene rings is 2. The van der Waals surface area contributed by atoms with E-state index in [0.717, 1.165) is 23.9 Å². The molecule has 3 rings (SSSR count). The average Bonchev–Trinajstić information content (AvgIpc) is 2.98. The van der Waals surface area contributed by atoms with E-state index in [1.165, 1.54) is 6.07 Å². The van der Waals surface area contributed by atoms with E-state index in [0.29, 0.717) is 11.0 Å². The zero-order valence-electron chi connectivity index (χ0n) is 11.5. The highest BCUT2D eigenvalue weighted by Gasteiger charge is 2.26. The highest BCUT2D eigenvalue weighted by Crippen LogP contribution is 2.28. The van der Waals surface area contributed by atoms with Crippen molar-refractivity contribution in [3.63, 3.8) is 0 Å². The molecule has 0 radical (unpaired) electrons. The molecule has 0 bridgehead atoms. The molecule has 1 aromatic heterocycles. The van der Waals surface area contributed by atoms with Crippen LogP contribution in [0.3, 0.4) is 0 Å². The maximum Gasteiger partial charge on any atom is 0.338 e. The molecule has 11 heteroatoms. The van der Waals surface area contributed by atoms with Gasteiger partial charge >= 0.3 is 5.97 Å². The van der Waals surface area contributed by atoms with Gasteiger partial charge < -0.3 is 5.11 Å². The normalized spacial score (nSPS) is 11.6. The van der Waals surface area contributed by atoms with E-state index in [2.05, 4.69) is 29.4 Å². The van der Waals surface area contributed by atoms with Gasteiger partial charge in [0, 0.05) is 4.47 Å². The lowest BCUT2D eigenvalue weighted by atomic mass is 10.2. The number of anilines is 1. The molecule has 0 fully saturated rings. The second-order valence-electron chi connectivity index (χ2n) is 4.61. The number of fused-ring (bicyclic) bond motifs is 1. The van der Waals surface area contributed by atoms with Crippen LogP contribution in [-0.4, -0.2) is 28.2 Å². The Morgan fingerprint density at radius 1 is 1.29 bits per heavy atom. The average molecular weight is 432 g/mol. The van der Waals surface area contributed by atoms with E-state index in [1.807, 2.05) is 0 Å². The largest absolute Gasteiger partial charge is 0.478 e. The summed E-state index contributed by atoms with van der Waals surface area (Å²) < 4.78 is 49.6. The second-order valence-corrected chi connectivity index (χ2v) is 7.71. The topological polar surface area (TPSA) is 109 Å². The highest BCUT2D eigenvalue weighted by atomic mass is 79.9. The molecule has 0 amide bonds. The Hall–Kier alpha value is -2.11. The minimum Gasteiger partial charge on any atom is -0.478 e. The highest BCUT2D eigenvalue weighted by molar-refractivity contribution is 9.10. The SMILES string of the molecule is O=C(O)c1cc(Br)cc(S(=O)(=O)Nc2cccc3nsnc23)c1F. The molecule has 2 N–H and O–H groups in total. The molecule has 124 valence electrons. The number of halogens is 2. The van der Waals surface area contributed by atoms with Gasteiger partial charge in [0.2, 0.25) is 0 Å². The summed E-state index contributed by atoms with van der Waals surface area (Å²) in [6.45, 7) is 0. The molecule has 0 unspecified atom stereocenters. The van der Waals surface area contributed by atoms with Gasteiger partial charge in [0.05, 0.1) is 23.0 Å². The van der Waals surface area contributed by atoms with Gasteiger partial charge in [-0.3, -0.25) is 4.72 Å². The van der Waals surface area contributed by atoms with E-state index in [4.69, 9.17) is 5.11 Å². The Bertz CT molecular complexity index is 1070. The quantitative estimate of drug-likeness (QED) is 0.656. The van der Waals surface area contributed by atoms with E-state index in [1.54, 1.807) is 12.1 Å². The van der Waals surface area contributed by atoms with Crippen LogP contribution in [0.2, 0.25) is 0 Å². The molecule has 2 aromatic carbocycles. The summed E-state index contributed by atoms with van der Waals surface area (Å²) in [6.07, 6.45) is 0. The lowest BCUT2D eigenvalue weighted by Gasteiger charge is -2.11. The fourth-order valence-electron chi connectivity index (χ4n) is 2.00. The fraction of sp³-hybridized carbons (Fsp3) is 0. The third-order valence-corrected chi connectivity index (χ3v) is 5.42. The van der Waals surface area contributed by atoms with Gasteiger partial charge in [0.1, 0.15) is 15.9 Å². The van der Waals surface area contributed by atoms with Gasteiger partial charge in [-0.15, -0.1) is 0 Å². The van der Waals surface area contributed by atoms with Gasteiger partial charge in [-0.2, -0.15) is 8.75 Å². The molecule has 0 aliphatic heterocycles. The van der Waals surface area contributed by atoms with Crippen molar-refractivity contribution in [1.82, 2.24) is 8.75 Å². The number of aromatic nitrogens is 2. The van der Waals surface area contributed by atoms with Crippen LogP contribution in [0.4, 0.5) is 10.1 Å². The van der Waals surface area contributed by atoms with E-state index in [-0.39, 0.29) is 10.2 Å². The fourth-order valence-corrected chi connectivity index (χ4v) is 4.35. The molecule has 24 heavy (non-hydrogen) atoms. The zero-order chi connectivity index (χ0) is 17.5. The molecule has 0 atom stereocenters. The molecular formula is C13H7BrFN3O4S2. The summed E-state index contributed by atoms with van der Waals surface area (Å²) in [5, 5.41) is 8.99. The summed E-state index contributed by atoms with van der Waals surface area (Å²) in [6, 6.07) is 6.65. The third-order valence-electron chi connectivity index (χ3n) is 3.05. The Balaban J connectivity index is 2.12. The van der Waals surface area contributed by atoms with Crippen molar-refractivity contribution in [3.8, 4) is 0 Å². The molecule has 0 aliphatic rings. The number of nitrogens with zero attached hydrogens (tertiary/aromatic N) is 2. The molecule has 0 spiro atoms. The maximum atomic E-state index is 14.3. The van der Waals surface area contributed by atoms with Crippen LogP contribution in [0.15, 0.2) is 39.7 Å². The number of hydrogen-bond donors (Lipinski definition) is 2. The smallest absolute Gasteiger partial charge is 0.338 e. The number of carboxylic acid groups (broad SMARTS) is 1. The molecule has 0 aliphatic carbocycles. The predicted molar refractivity (Wildman–Crippen MR) is 89.3 cm³/mol. The Morgan fingerprint density at radius 2 is 2.04 bits per heavy atom. The summed E-state index contributed by atoms with van der Waals surface area (Å²) >= 11 is 3.89. The van der Waals surface area contributed by atoms with Crippen LogP contribution >= 0.6 is 27.7 Å². The van der Waals surface area contributed by atoms with Gasteiger partial charge in [-0.05, 0) is 24.3 Å². The van der Waals surface area contributed by atoms with Crippen molar-refractivity contribution in [3.05, 3.63) is 46.2 Å². The van der Waals surface area contributed by atoms with Gasteiger partial charge in [-0.1, -0.05) is 22.0 Å². The third kappa shape index (κ3) is 2.97. The minimum atomic E-state index is -4.37. The number of rotatable bonds is 4. The number of sulfonamides is 1. The minimum absolute atomic E-state index is 0.121. The lowest BCUT2D eigenvalue weighted by Crippen LogP contribution is -2.17. The summed E-state index contributed by atoms with van der Waals surface area (Å²) in [7, 11) is -4.37. The van der Waals surface area contributed by atoms with Crippen molar-refractivity contribution in [1.29, 1.82) is 0 Å². The van der Waals surface area contributed by atoms with Crippen LogP contribution < -0.4 is 4.72 Å². The van der Waals surface area contributed by atoms with E-state index < -0.39 is 32.3 Å². The lowest BCUT2D eigenvalue weighted by molar-refractivity contribution is 0.0691. The predicted octanol–water partition coefficient (Wildman–Crippen LogP) is 3.09. The van der Waals surface area contributed by atoms with Crippen molar-refractivity contribution < 1.29 is 22.7 Å². The number of aromatic carboxylic acids is 1. The molecule has 3 aromatic rings. The first-order valence-electron chi connectivity index (χ1n) is 6.26. The first kappa shape index (κ1) is 16.7. The molecule has 1 heterocycles. The number of carbonyl (C=O) groups is 1. The molecular weight excluding hydrogens is 425 g/mol.